The first-order valence-electron chi connectivity index (χ1n) is 5.61. The van der Waals surface area contributed by atoms with Crippen molar-refractivity contribution >= 4 is 21.8 Å². The van der Waals surface area contributed by atoms with Crippen molar-refractivity contribution in [1.29, 1.82) is 0 Å². The van der Waals surface area contributed by atoms with Crippen LogP contribution in [0.1, 0.15) is 39.0 Å². The summed E-state index contributed by atoms with van der Waals surface area (Å²) in [5.41, 5.74) is 0. The van der Waals surface area contributed by atoms with Gasteiger partial charge in [0, 0.05) is 24.8 Å². The van der Waals surface area contributed by atoms with E-state index in [9.17, 15) is 4.79 Å². The Bertz CT molecular complexity index is 184. The van der Waals surface area contributed by atoms with Crippen LogP contribution in [0, 0.1) is 5.92 Å². The molecule has 0 aliphatic carbocycles. The van der Waals surface area contributed by atoms with Gasteiger partial charge in [-0.15, -0.1) is 0 Å². The smallest absolute Gasteiger partial charge is 0.222 e. The molecule has 1 aliphatic rings. The summed E-state index contributed by atoms with van der Waals surface area (Å²) in [6.45, 7) is 4.21. The third kappa shape index (κ3) is 3.60. The first-order valence-corrected chi connectivity index (χ1v) is 6.73. The maximum Gasteiger partial charge on any atom is 0.222 e. The number of halogens is 1. The number of carbonyl (C=O) groups is 1. The van der Waals surface area contributed by atoms with Crippen LogP contribution in [-0.2, 0) is 4.79 Å². The second-order valence-electron chi connectivity index (χ2n) is 4.05. The summed E-state index contributed by atoms with van der Waals surface area (Å²) in [4.78, 5) is 13.7. The Hall–Kier alpha value is -0.0500. The van der Waals surface area contributed by atoms with Crippen molar-refractivity contribution in [2.24, 2.45) is 5.92 Å². The Morgan fingerprint density at radius 2 is 2.29 bits per heavy atom. The van der Waals surface area contributed by atoms with E-state index in [0.717, 1.165) is 43.6 Å². The number of likely N-dealkylation sites (tertiary alicyclic amines) is 1. The van der Waals surface area contributed by atoms with E-state index in [2.05, 4.69) is 22.9 Å². The molecule has 0 saturated carbocycles. The van der Waals surface area contributed by atoms with Gasteiger partial charge in [0.05, 0.1) is 0 Å². The minimum atomic E-state index is 0.363. The van der Waals surface area contributed by atoms with E-state index in [1.54, 1.807) is 0 Å². The molecule has 0 aromatic rings. The number of nitrogens with zero attached hydrogens (tertiary/aromatic N) is 1. The van der Waals surface area contributed by atoms with E-state index in [0.29, 0.717) is 5.91 Å². The number of hydrogen-bond acceptors (Lipinski definition) is 1. The molecule has 0 N–H and O–H groups in total. The number of rotatable bonds is 5. The van der Waals surface area contributed by atoms with E-state index < -0.39 is 0 Å². The summed E-state index contributed by atoms with van der Waals surface area (Å²) in [5, 5.41) is 1.01. The number of hydrogen-bond donors (Lipinski definition) is 0. The Morgan fingerprint density at radius 1 is 1.50 bits per heavy atom. The highest BCUT2D eigenvalue weighted by Crippen LogP contribution is 2.20. The van der Waals surface area contributed by atoms with Crippen LogP contribution in [0.2, 0.25) is 0 Å². The molecular weight excluding hydrogens is 242 g/mol. The van der Waals surface area contributed by atoms with Crippen molar-refractivity contribution in [3.63, 3.8) is 0 Å². The zero-order chi connectivity index (χ0) is 10.4. The summed E-state index contributed by atoms with van der Waals surface area (Å²) in [6.07, 6.45) is 5.29. The highest BCUT2D eigenvalue weighted by molar-refractivity contribution is 9.09. The van der Waals surface area contributed by atoms with Crippen LogP contribution in [0.25, 0.3) is 0 Å². The highest BCUT2D eigenvalue weighted by atomic mass is 79.9. The molecular formula is C11H20BrNO. The third-order valence-corrected chi connectivity index (χ3v) is 3.55. The van der Waals surface area contributed by atoms with Crippen LogP contribution in [0.15, 0.2) is 0 Å². The second kappa shape index (κ2) is 6.44. The fourth-order valence-corrected chi connectivity index (χ4v) is 2.32. The molecule has 1 unspecified atom stereocenters. The molecule has 14 heavy (non-hydrogen) atoms. The number of alkyl halides is 1. The van der Waals surface area contributed by atoms with Crippen molar-refractivity contribution in [2.75, 3.05) is 18.4 Å². The molecule has 82 valence electrons. The zero-order valence-electron chi connectivity index (χ0n) is 8.97. The second-order valence-corrected chi connectivity index (χ2v) is 4.84. The number of unbranched alkanes of at least 4 members (excludes halogenated alkanes) is 1. The molecule has 1 atom stereocenters. The molecule has 1 rings (SSSR count). The summed E-state index contributed by atoms with van der Waals surface area (Å²) < 4.78 is 0. The molecule has 0 aromatic heterocycles. The van der Waals surface area contributed by atoms with Crippen molar-refractivity contribution in [2.45, 2.75) is 39.0 Å². The Balaban J connectivity index is 2.18. The lowest BCUT2D eigenvalue weighted by Gasteiger charge is -2.15. The average molecular weight is 262 g/mol. The maximum atomic E-state index is 11.7. The van der Waals surface area contributed by atoms with Crippen LogP contribution >= 0.6 is 15.9 Å². The minimum Gasteiger partial charge on any atom is -0.342 e. The molecule has 1 amide bonds. The average Bonchev–Trinajstić information content (AvgIpc) is 2.66. The molecule has 1 heterocycles. The standard InChI is InChI=1S/C11H20BrNO/c1-2-10-6-8-13(9-10)11(14)5-3-4-7-12/h10H,2-9H2,1H3. The molecule has 1 saturated heterocycles. The topological polar surface area (TPSA) is 20.3 Å². The van der Waals surface area contributed by atoms with Gasteiger partial charge in [0.2, 0.25) is 5.91 Å². The number of carbonyl (C=O) groups excluding carboxylic acids is 1. The van der Waals surface area contributed by atoms with E-state index in [1.807, 2.05) is 4.90 Å². The molecule has 3 heteroatoms. The predicted octanol–water partition coefficient (Wildman–Crippen LogP) is 2.81. The summed E-state index contributed by atoms with van der Waals surface area (Å²) >= 11 is 3.38. The molecule has 0 bridgehead atoms. The van der Waals surface area contributed by atoms with Gasteiger partial charge in [-0.1, -0.05) is 29.3 Å². The summed E-state index contributed by atoms with van der Waals surface area (Å²) in [7, 11) is 0. The van der Waals surface area contributed by atoms with Crippen molar-refractivity contribution in [3.8, 4) is 0 Å². The zero-order valence-corrected chi connectivity index (χ0v) is 10.6. The maximum absolute atomic E-state index is 11.7. The lowest BCUT2D eigenvalue weighted by Crippen LogP contribution is -2.28. The van der Waals surface area contributed by atoms with Gasteiger partial charge < -0.3 is 4.90 Å². The van der Waals surface area contributed by atoms with Crippen LogP contribution < -0.4 is 0 Å². The Labute approximate surface area is 95.2 Å². The van der Waals surface area contributed by atoms with E-state index >= 15 is 0 Å². The lowest BCUT2D eigenvalue weighted by atomic mass is 10.1. The summed E-state index contributed by atoms with van der Waals surface area (Å²) in [5.74, 6) is 1.12. The largest absolute Gasteiger partial charge is 0.342 e. The fraction of sp³-hybridized carbons (Fsp3) is 0.909. The van der Waals surface area contributed by atoms with E-state index in [4.69, 9.17) is 0 Å². The molecule has 1 fully saturated rings. The SMILES string of the molecule is CCC1CCN(C(=O)CCCCBr)C1. The lowest BCUT2D eigenvalue weighted by molar-refractivity contribution is -0.130. The molecule has 0 spiro atoms. The van der Waals surface area contributed by atoms with Crippen molar-refractivity contribution in [1.82, 2.24) is 4.90 Å². The predicted molar refractivity (Wildman–Crippen MR) is 62.6 cm³/mol. The van der Waals surface area contributed by atoms with Gasteiger partial charge in [-0.3, -0.25) is 4.79 Å². The van der Waals surface area contributed by atoms with Gasteiger partial charge in [0.25, 0.3) is 0 Å². The van der Waals surface area contributed by atoms with Gasteiger partial charge in [0.15, 0.2) is 0 Å². The molecule has 0 aromatic carbocycles. The fourth-order valence-electron chi connectivity index (χ4n) is 1.92. The van der Waals surface area contributed by atoms with Crippen molar-refractivity contribution < 1.29 is 4.79 Å². The normalized spacial score (nSPS) is 21.6. The Kier molecular flexibility index (Phi) is 5.53. The van der Waals surface area contributed by atoms with Gasteiger partial charge >= 0.3 is 0 Å². The van der Waals surface area contributed by atoms with Crippen LogP contribution in [0.4, 0.5) is 0 Å². The van der Waals surface area contributed by atoms with Crippen molar-refractivity contribution in [3.05, 3.63) is 0 Å². The quantitative estimate of drug-likeness (QED) is 0.551. The Morgan fingerprint density at radius 3 is 2.86 bits per heavy atom. The third-order valence-electron chi connectivity index (χ3n) is 2.99. The van der Waals surface area contributed by atoms with Crippen LogP contribution in [0.3, 0.4) is 0 Å². The first-order chi connectivity index (χ1) is 6.77. The first kappa shape index (κ1) is 12.0. The van der Waals surface area contributed by atoms with Gasteiger partial charge in [-0.25, -0.2) is 0 Å². The van der Waals surface area contributed by atoms with E-state index in [1.165, 1.54) is 12.8 Å². The van der Waals surface area contributed by atoms with E-state index in [-0.39, 0.29) is 0 Å². The summed E-state index contributed by atoms with van der Waals surface area (Å²) in [6, 6.07) is 0. The van der Waals surface area contributed by atoms with Crippen LogP contribution in [0.5, 0.6) is 0 Å². The van der Waals surface area contributed by atoms with Gasteiger partial charge in [-0.2, -0.15) is 0 Å². The monoisotopic (exact) mass is 261 g/mol. The minimum absolute atomic E-state index is 0.363. The van der Waals surface area contributed by atoms with Gasteiger partial charge in [0.1, 0.15) is 0 Å². The highest BCUT2D eigenvalue weighted by Gasteiger charge is 2.24. The molecule has 1 aliphatic heterocycles. The molecule has 2 nitrogen and oxygen atoms in total. The van der Waals surface area contributed by atoms with Crippen LogP contribution in [-0.4, -0.2) is 29.2 Å². The molecule has 0 radical (unpaired) electrons. The van der Waals surface area contributed by atoms with Gasteiger partial charge in [-0.05, 0) is 25.2 Å². The number of amides is 1.